The Bertz CT molecular complexity index is 230. The highest BCUT2D eigenvalue weighted by Crippen LogP contribution is 2.31. The third-order valence-electron chi connectivity index (χ3n) is 2.46. The van der Waals surface area contributed by atoms with E-state index in [-0.39, 0.29) is 0 Å². The second-order valence-electron chi connectivity index (χ2n) is 4.56. The average molecular weight is 180 g/mol. The van der Waals surface area contributed by atoms with E-state index in [1.807, 2.05) is 6.92 Å². The Balaban J connectivity index is 2.29. The first kappa shape index (κ1) is 10.5. The van der Waals surface area contributed by atoms with Gasteiger partial charge in [-0.3, -0.25) is 0 Å². The Morgan fingerprint density at radius 2 is 2.31 bits per heavy atom. The van der Waals surface area contributed by atoms with Gasteiger partial charge in [0.05, 0.1) is 5.60 Å². The minimum Gasteiger partial charge on any atom is -0.390 e. The molecule has 13 heavy (non-hydrogen) atoms. The van der Waals surface area contributed by atoms with Gasteiger partial charge in [0.25, 0.3) is 0 Å². The minimum absolute atomic E-state index is 0.458. The second kappa shape index (κ2) is 4.10. The zero-order valence-corrected chi connectivity index (χ0v) is 8.93. The number of allylic oxidation sites excluding steroid dienone is 2. The van der Waals surface area contributed by atoms with E-state index in [1.54, 1.807) is 0 Å². The summed E-state index contributed by atoms with van der Waals surface area (Å²) >= 11 is 0. The van der Waals surface area contributed by atoms with Crippen molar-refractivity contribution >= 4 is 0 Å². The maximum absolute atomic E-state index is 9.71. The summed E-state index contributed by atoms with van der Waals surface area (Å²) in [6.45, 7) is 6.16. The quantitative estimate of drug-likeness (QED) is 0.661. The third kappa shape index (κ3) is 3.77. The van der Waals surface area contributed by atoms with Crippen molar-refractivity contribution in [3.05, 3.63) is 23.3 Å². The summed E-state index contributed by atoms with van der Waals surface area (Å²) in [6, 6.07) is 0. The molecule has 1 atom stereocenters. The van der Waals surface area contributed by atoms with Gasteiger partial charge in [0.1, 0.15) is 0 Å². The zero-order valence-electron chi connectivity index (χ0n) is 8.93. The highest BCUT2D eigenvalue weighted by molar-refractivity contribution is 5.15. The zero-order chi connectivity index (χ0) is 9.90. The minimum atomic E-state index is -0.458. The van der Waals surface area contributed by atoms with Crippen LogP contribution >= 0.6 is 0 Å². The van der Waals surface area contributed by atoms with Gasteiger partial charge in [0.2, 0.25) is 0 Å². The van der Waals surface area contributed by atoms with Crippen molar-refractivity contribution in [2.75, 3.05) is 0 Å². The molecule has 1 aliphatic rings. The molecule has 1 rings (SSSR count). The molecule has 1 N–H and O–H groups in total. The molecule has 0 aromatic rings. The van der Waals surface area contributed by atoms with E-state index in [4.69, 9.17) is 0 Å². The van der Waals surface area contributed by atoms with Crippen LogP contribution in [0, 0.1) is 0 Å². The van der Waals surface area contributed by atoms with Crippen LogP contribution in [0.4, 0.5) is 0 Å². The standard InChI is InChI=1S/C12H20O/c1-10(2)5-4-6-11-7-8-12(3,13)9-11/h5,7,13H,4,6,8-9H2,1-3H3. The lowest BCUT2D eigenvalue weighted by atomic mass is 10.0. The first-order valence-electron chi connectivity index (χ1n) is 5.03. The predicted molar refractivity (Wildman–Crippen MR) is 56.6 cm³/mol. The highest BCUT2D eigenvalue weighted by Gasteiger charge is 2.25. The monoisotopic (exact) mass is 180 g/mol. The summed E-state index contributed by atoms with van der Waals surface area (Å²) in [6.07, 6.45) is 8.37. The SMILES string of the molecule is CC(C)=CCCC1=CCC(C)(O)C1. The van der Waals surface area contributed by atoms with Gasteiger partial charge in [-0.1, -0.05) is 23.3 Å². The predicted octanol–water partition coefficient (Wildman–Crippen LogP) is 3.20. The topological polar surface area (TPSA) is 20.2 Å². The van der Waals surface area contributed by atoms with Crippen LogP contribution in [0.1, 0.15) is 46.5 Å². The lowest BCUT2D eigenvalue weighted by Crippen LogP contribution is -2.18. The molecule has 1 heteroatoms. The summed E-state index contributed by atoms with van der Waals surface area (Å²) < 4.78 is 0. The van der Waals surface area contributed by atoms with Gasteiger partial charge in [0, 0.05) is 0 Å². The molecule has 74 valence electrons. The van der Waals surface area contributed by atoms with Crippen molar-refractivity contribution in [1.29, 1.82) is 0 Å². The van der Waals surface area contributed by atoms with Crippen molar-refractivity contribution in [3.63, 3.8) is 0 Å². The fraction of sp³-hybridized carbons (Fsp3) is 0.667. The van der Waals surface area contributed by atoms with Crippen LogP contribution in [-0.2, 0) is 0 Å². The van der Waals surface area contributed by atoms with Gasteiger partial charge in [-0.2, -0.15) is 0 Å². The molecular weight excluding hydrogens is 160 g/mol. The molecule has 0 saturated carbocycles. The maximum atomic E-state index is 9.71. The first-order chi connectivity index (χ1) is 5.99. The van der Waals surface area contributed by atoms with E-state index in [0.717, 1.165) is 25.7 Å². The van der Waals surface area contributed by atoms with E-state index in [9.17, 15) is 5.11 Å². The molecule has 0 aromatic carbocycles. The normalized spacial score (nSPS) is 27.2. The lowest BCUT2D eigenvalue weighted by molar-refractivity contribution is 0.0723. The Morgan fingerprint density at radius 3 is 2.77 bits per heavy atom. The molecule has 0 spiro atoms. The summed E-state index contributed by atoms with van der Waals surface area (Å²) in [5, 5.41) is 9.71. The fourth-order valence-electron chi connectivity index (χ4n) is 1.73. The smallest absolute Gasteiger partial charge is 0.0691 e. The number of rotatable bonds is 3. The van der Waals surface area contributed by atoms with Gasteiger partial charge in [-0.25, -0.2) is 0 Å². The van der Waals surface area contributed by atoms with Crippen LogP contribution in [-0.4, -0.2) is 10.7 Å². The largest absolute Gasteiger partial charge is 0.390 e. The van der Waals surface area contributed by atoms with Gasteiger partial charge in [0.15, 0.2) is 0 Å². The van der Waals surface area contributed by atoms with Crippen LogP contribution in [0.25, 0.3) is 0 Å². The molecule has 0 saturated heterocycles. The second-order valence-corrected chi connectivity index (χ2v) is 4.56. The van der Waals surface area contributed by atoms with Crippen molar-refractivity contribution in [1.82, 2.24) is 0 Å². The van der Waals surface area contributed by atoms with E-state index >= 15 is 0 Å². The lowest BCUT2D eigenvalue weighted by Gasteiger charge is -2.15. The van der Waals surface area contributed by atoms with E-state index in [2.05, 4.69) is 26.0 Å². The van der Waals surface area contributed by atoms with E-state index in [0.29, 0.717) is 0 Å². The van der Waals surface area contributed by atoms with Crippen LogP contribution in [0.5, 0.6) is 0 Å². The van der Waals surface area contributed by atoms with Crippen molar-refractivity contribution < 1.29 is 5.11 Å². The summed E-state index contributed by atoms with van der Waals surface area (Å²) in [5.41, 5.74) is 2.34. The fourth-order valence-corrected chi connectivity index (χ4v) is 1.73. The Hall–Kier alpha value is -0.560. The Morgan fingerprint density at radius 1 is 1.62 bits per heavy atom. The summed E-state index contributed by atoms with van der Waals surface area (Å²) in [7, 11) is 0. The van der Waals surface area contributed by atoms with Crippen LogP contribution < -0.4 is 0 Å². The van der Waals surface area contributed by atoms with Crippen LogP contribution in [0.3, 0.4) is 0 Å². The van der Waals surface area contributed by atoms with Crippen LogP contribution in [0.15, 0.2) is 23.3 Å². The van der Waals surface area contributed by atoms with Crippen molar-refractivity contribution in [2.24, 2.45) is 0 Å². The molecule has 0 aromatic heterocycles. The molecular formula is C12H20O. The summed E-state index contributed by atoms with van der Waals surface area (Å²) in [4.78, 5) is 0. The van der Waals surface area contributed by atoms with Crippen molar-refractivity contribution in [3.8, 4) is 0 Å². The van der Waals surface area contributed by atoms with Gasteiger partial charge in [-0.05, 0) is 46.5 Å². The molecule has 1 aliphatic carbocycles. The molecule has 0 amide bonds. The summed E-state index contributed by atoms with van der Waals surface area (Å²) in [5.74, 6) is 0. The molecule has 0 aliphatic heterocycles. The van der Waals surface area contributed by atoms with E-state index < -0.39 is 5.60 Å². The van der Waals surface area contributed by atoms with Crippen LogP contribution in [0.2, 0.25) is 0 Å². The Labute approximate surface area is 81.2 Å². The highest BCUT2D eigenvalue weighted by atomic mass is 16.3. The molecule has 1 unspecified atom stereocenters. The average Bonchev–Trinajstić information content (AvgIpc) is 2.29. The van der Waals surface area contributed by atoms with Gasteiger partial charge in [-0.15, -0.1) is 0 Å². The number of aliphatic hydroxyl groups is 1. The number of hydrogen-bond acceptors (Lipinski definition) is 1. The molecule has 0 radical (unpaired) electrons. The first-order valence-corrected chi connectivity index (χ1v) is 5.03. The maximum Gasteiger partial charge on any atom is 0.0691 e. The Kier molecular flexibility index (Phi) is 3.32. The molecule has 0 fully saturated rings. The third-order valence-corrected chi connectivity index (χ3v) is 2.46. The van der Waals surface area contributed by atoms with Crippen molar-refractivity contribution in [2.45, 2.75) is 52.1 Å². The van der Waals surface area contributed by atoms with Gasteiger partial charge < -0.3 is 5.11 Å². The molecule has 1 nitrogen and oxygen atoms in total. The van der Waals surface area contributed by atoms with Gasteiger partial charge >= 0.3 is 0 Å². The van der Waals surface area contributed by atoms with E-state index in [1.165, 1.54) is 11.1 Å². The number of hydrogen-bond donors (Lipinski definition) is 1. The molecule has 0 heterocycles. The molecule has 0 bridgehead atoms.